The molecule has 26 heavy (non-hydrogen) atoms. The summed E-state index contributed by atoms with van der Waals surface area (Å²) in [6.45, 7) is 5.05. The SMILES string of the molecule is CC(C)c1ccc(NC(=O)NCCOc2cccc3cccnc23)cc1. The number of para-hydroxylation sites is 1. The van der Waals surface area contributed by atoms with Crippen LogP contribution in [0, 0.1) is 0 Å². The summed E-state index contributed by atoms with van der Waals surface area (Å²) in [4.78, 5) is 16.3. The van der Waals surface area contributed by atoms with Gasteiger partial charge in [-0.1, -0.05) is 44.2 Å². The molecule has 2 N–H and O–H groups in total. The van der Waals surface area contributed by atoms with E-state index in [9.17, 15) is 4.79 Å². The van der Waals surface area contributed by atoms with E-state index in [4.69, 9.17) is 4.74 Å². The van der Waals surface area contributed by atoms with Crippen LogP contribution in [0.25, 0.3) is 10.9 Å². The molecule has 5 heteroatoms. The molecule has 0 aliphatic heterocycles. The van der Waals surface area contributed by atoms with Crippen molar-refractivity contribution < 1.29 is 9.53 Å². The van der Waals surface area contributed by atoms with Crippen molar-refractivity contribution in [2.75, 3.05) is 18.5 Å². The van der Waals surface area contributed by atoms with E-state index in [-0.39, 0.29) is 6.03 Å². The second-order valence-corrected chi connectivity index (χ2v) is 6.34. The molecule has 5 nitrogen and oxygen atoms in total. The summed E-state index contributed by atoms with van der Waals surface area (Å²) < 4.78 is 5.76. The molecule has 0 fully saturated rings. The first-order valence-electron chi connectivity index (χ1n) is 8.75. The molecule has 2 aromatic carbocycles. The number of anilines is 1. The van der Waals surface area contributed by atoms with Crippen molar-refractivity contribution in [3.63, 3.8) is 0 Å². The van der Waals surface area contributed by atoms with E-state index in [0.717, 1.165) is 22.3 Å². The summed E-state index contributed by atoms with van der Waals surface area (Å²) in [5, 5.41) is 6.64. The van der Waals surface area contributed by atoms with Gasteiger partial charge in [0.05, 0.1) is 6.54 Å². The number of nitrogens with one attached hydrogen (secondary N) is 2. The fourth-order valence-corrected chi connectivity index (χ4v) is 2.64. The standard InChI is InChI=1S/C21H23N3O2/c1-15(2)16-8-10-18(11-9-16)24-21(25)23-13-14-26-19-7-3-5-17-6-4-12-22-20(17)19/h3-12,15H,13-14H2,1-2H3,(H2,23,24,25). The maximum absolute atomic E-state index is 12.0. The number of rotatable bonds is 6. The van der Waals surface area contributed by atoms with Crippen molar-refractivity contribution in [2.24, 2.45) is 0 Å². The molecule has 0 saturated heterocycles. The minimum atomic E-state index is -0.248. The third kappa shape index (κ3) is 4.51. The molecular weight excluding hydrogens is 326 g/mol. The van der Waals surface area contributed by atoms with Gasteiger partial charge in [-0.05, 0) is 35.7 Å². The van der Waals surface area contributed by atoms with Crippen molar-refractivity contribution in [3.8, 4) is 5.75 Å². The van der Waals surface area contributed by atoms with Gasteiger partial charge in [-0.25, -0.2) is 4.79 Å². The summed E-state index contributed by atoms with van der Waals surface area (Å²) >= 11 is 0. The van der Waals surface area contributed by atoms with Gasteiger partial charge in [-0.3, -0.25) is 4.98 Å². The van der Waals surface area contributed by atoms with E-state index < -0.39 is 0 Å². The lowest BCUT2D eigenvalue weighted by molar-refractivity contribution is 0.247. The van der Waals surface area contributed by atoms with Crippen LogP contribution < -0.4 is 15.4 Å². The third-order valence-electron chi connectivity index (χ3n) is 4.08. The van der Waals surface area contributed by atoms with Crippen molar-refractivity contribution in [2.45, 2.75) is 19.8 Å². The maximum Gasteiger partial charge on any atom is 0.319 e. The number of pyridine rings is 1. The second-order valence-electron chi connectivity index (χ2n) is 6.34. The maximum atomic E-state index is 12.0. The number of amides is 2. The largest absolute Gasteiger partial charge is 0.489 e. The Morgan fingerprint density at radius 2 is 1.85 bits per heavy atom. The zero-order valence-electron chi connectivity index (χ0n) is 15.0. The number of urea groups is 1. The summed E-state index contributed by atoms with van der Waals surface area (Å²) in [7, 11) is 0. The Labute approximate surface area is 153 Å². The van der Waals surface area contributed by atoms with Gasteiger partial charge < -0.3 is 15.4 Å². The highest BCUT2D eigenvalue weighted by atomic mass is 16.5. The minimum Gasteiger partial charge on any atom is -0.489 e. The molecule has 1 heterocycles. The van der Waals surface area contributed by atoms with Crippen LogP contribution in [0.4, 0.5) is 10.5 Å². The summed E-state index contributed by atoms with van der Waals surface area (Å²) in [5.41, 5.74) is 2.84. The molecule has 2 amide bonds. The van der Waals surface area contributed by atoms with Gasteiger partial charge in [-0.15, -0.1) is 0 Å². The number of hydrogen-bond donors (Lipinski definition) is 2. The molecule has 0 radical (unpaired) electrons. The topological polar surface area (TPSA) is 63.2 Å². The lowest BCUT2D eigenvalue weighted by Crippen LogP contribution is -2.32. The van der Waals surface area contributed by atoms with E-state index in [1.165, 1.54) is 5.56 Å². The molecular formula is C21H23N3O2. The molecule has 1 aromatic heterocycles. The zero-order chi connectivity index (χ0) is 18.4. The van der Waals surface area contributed by atoms with E-state index in [0.29, 0.717) is 19.1 Å². The Morgan fingerprint density at radius 3 is 2.62 bits per heavy atom. The predicted molar refractivity (Wildman–Crippen MR) is 105 cm³/mol. The molecule has 0 unspecified atom stereocenters. The number of carbonyl (C=O) groups excluding carboxylic acids is 1. The average Bonchev–Trinajstić information content (AvgIpc) is 2.66. The van der Waals surface area contributed by atoms with Crippen LogP contribution in [0.2, 0.25) is 0 Å². The molecule has 134 valence electrons. The molecule has 3 aromatic rings. The fraction of sp³-hybridized carbons (Fsp3) is 0.238. The lowest BCUT2D eigenvalue weighted by atomic mass is 10.0. The van der Waals surface area contributed by atoms with Crippen LogP contribution in [-0.2, 0) is 0 Å². The van der Waals surface area contributed by atoms with E-state index in [1.54, 1.807) is 6.20 Å². The van der Waals surface area contributed by atoms with Gasteiger partial charge >= 0.3 is 6.03 Å². The summed E-state index contributed by atoms with van der Waals surface area (Å²) in [6.07, 6.45) is 1.74. The smallest absolute Gasteiger partial charge is 0.319 e. The second kappa shape index (κ2) is 8.34. The molecule has 0 atom stereocenters. The van der Waals surface area contributed by atoms with Crippen LogP contribution in [0.5, 0.6) is 5.75 Å². The van der Waals surface area contributed by atoms with Crippen LogP contribution in [0.3, 0.4) is 0 Å². The number of nitrogens with zero attached hydrogens (tertiary/aromatic N) is 1. The van der Waals surface area contributed by atoms with Gasteiger partial charge in [0.2, 0.25) is 0 Å². The first-order chi connectivity index (χ1) is 12.6. The quantitative estimate of drug-likeness (QED) is 0.641. The summed E-state index contributed by atoms with van der Waals surface area (Å²) in [6, 6.07) is 17.3. The van der Waals surface area contributed by atoms with Crippen molar-refractivity contribution in [3.05, 3.63) is 66.4 Å². The van der Waals surface area contributed by atoms with Crippen LogP contribution in [0.15, 0.2) is 60.8 Å². The Morgan fingerprint density at radius 1 is 1.08 bits per heavy atom. The van der Waals surface area contributed by atoms with Crippen molar-refractivity contribution >= 4 is 22.6 Å². The van der Waals surface area contributed by atoms with Gasteiger partial charge in [0.1, 0.15) is 17.9 Å². The third-order valence-corrected chi connectivity index (χ3v) is 4.08. The van der Waals surface area contributed by atoms with Gasteiger partial charge in [0.25, 0.3) is 0 Å². The Hall–Kier alpha value is -3.08. The number of benzene rings is 2. The molecule has 0 spiro atoms. The zero-order valence-corrected chi connectivity index (χ0v) is 15.0. The number of hydrogen-bond acceptors (Lipinski definition) is 3. The lowest BCUT2D eigenvalue weighted by Gasteiger charge is -2.11. The van der Waals surface area contributed by atoms with Crippen molar-refractivity contribution in [1.29, 1.82) is 0 Å². The fourth-order valence-electron chi connectivity index (χ4n) is 2.64. The van der Waals surface area contributed by atoms with Gasteiger partial charge in [0.15, 0.2) is 0 Å². The first-order valence-corrected chi connectivity index (χ1v) is 8.75. The van der Waals surface area contributed by atoms with Crippen molar-refractivity contribution in [1.82, 2.24) is 10.3 Å². The number of aromatic nitrogens is 1. The van der Waals surface area contributed by atoms with E-state index in [2.05, 4.69) is 29.5 Å². The van der Waals surface area contributed by atoms with Crippen LogP contribution in [0.1, 0.15) is 25.3 Å². The monoisotopic (exact) mass is 349 g/mol. The number of carbonyl (C=O) groups is 1. The normalized spacial score (nSPS) is 10.7. The predicted octanol–water partition coefficient (Wildman–Crippen LogP) is 4.56. The molecule has 0 aliphatic carbocycles. The Bertz CT molecular complexity index is 871. The summed E-state index contributed by atoms with van der Waals surface area (Å²) in [5.74, 6) is 1.19. The highest BCUT2D eigenvalue weighted by molar-refractivity contribution is 5.89. The average molecular weight is 349 g/mol. The minimum absolute atomic E-state index is 0.248. The van der Waals surface area contributed by atoms with Crippen LogP contribution in [-0.4, -0.2) is 24.2 Å². The highest BCUT2D eigenvalue weighted by Gasteiger charge is 2.05. The molecule has 0 saturated carbocycles. The Kier molecular flexibility index (Phi) is 5.69. The first kappa shape index (κ1) is 17.7. The van der Waals surface area contributed by atoms with Gasteiger partial charge in [0, 0.05) is 17.3 Å². The highest BCUT2D eigenvalue weighted by Crippen LogP contribution is 2.22. The molecule has 0 aliphatic rings. The van der Waals surface area contributed by atoms with E-state index in [1.807, 2.05) is 54.6 Å². The Balaban J connectivity index is 1.46. The van der Waals surface area contributed by atoms with Crippen LogP contribution >= 0.6 is 0 Å². The van der Waals surface area contributed by atoms with E-state index >= 15 is 0 Å². The number of ether oxygens (including phenoxy) is 1. The molecule has 0 bridgehead atoms. The molecule has 3 rings (SSSR count). The number of fused-ring (bicyclic) bond motifs is 1. The van der Waals surface area contributed by atoms with Gasteiger partial charge in [-0.2, -0.15) is 0 Å².